The fourth-order valence-corrected chi connectivity index (χ4v) is 5.85. The van der Waals surface area contributed by atoms with Crippen LogP contribution in [-0.2, 0) is 12.8 Å². The van der Waals surface area contributed by atoms with Gasteiger partial charge in [-0.1, -0.05) is 60.7 Å². The van der Waals surface area contributed by atoms with Crippen LogP contribution >= 0.6 is 0 Å². The third-order valence-electron chi connectivity index (χ3n) is 7.90. The van der Waals surface area contributed by atoms with Crippen LogP contribution in [0, 0.1) is 0 Å². The first-order valence-electron chi connectivity index (χ1n) is 13.9. The van der Waals surface area contributed by atoms with Crippen LogP contribution in [-0.4, -0.2) is 60.1 Å². The molecule has 0 bridgehead atoms. The number of hydrazine groups is 1. The third-order valence-corrected chi connectivity index (χ3v) is 7.90. The Kier molecular flexibility index (Phi) is 8.68. The van der Waals surface area contributed by atoms with Gasteiger partial charge in [0.25, 0.3) is 0 Å². The minimum Gasteiger partial charge on any atom is -0.353 e. The highest BCUT2D eigenvalue weighted by Crippen LogP contribution is 2.33. The molecule has 1 aliphatic carbocycles. The summed E-state index contributed by atoms with van der Waals surface area (Å²) in [6.45, 7) is 11.6. The number of nitrogens with two attached hydrogens (primary N) is 1. The predicted octanol–water partition coefficient (Wildman–Crippen LogP) is 3.94. The van der Waals surface area contributed by atoms with E-state index in [1.807, 2.05) is 12.2 Å². The zero-order valence-electron chi connectivity index (χ0n) is 22.4. The number of fused-ring (bicyclic) bond motifs is 2. The minimum absolute atomic E-state index is 0.177. The van der Waals surface area contributed by atoms with Crippen molar-refractivity contribution in [3.8, 4) is 0 Å². The van der Waals surface area contributed by atoms with E-state index in [4.69, 9.17) is 5.84 Å². The first-order valence-corrected chi connectivity index (χ1v) is 13.9. The number of piperidine rings is 1. The Hall–Kier alpha value is -3.26. The van der Waals surface area contributed by atoms with Crippen LogP contribution in [0.2, 0.25) is 0 Å². The molecule has 2 aromatic rings. The molecule has 3 aliphatic rings. The normalized spacial score (nSPS) is 20.6. The molecule has 0 aromatic heterocycles. The average Bonchev–Trinajstić information content (AvgIpc) is 3.09. The van der Waals surface area contributed by atoms with Gasteiger partial charge in [-0.25, -0.2) is 10.8 Å². The quantitative estimate of drug-likeness (QED) is 0.351. The molecule has 5 rings (SSSR count). The monoisotopic (exact) mass is 511 g/mol. The number of amidine groups is 1. The lowest BCUT2D eigenvalue weighted by atomic mass is 9.92. The second kappa shape index (κ2) is 12.5. The molecule has 200 valence electrons. The summed E-state index contributed by atoms with van der Waals surface area (Å²) in [6.07, 6.45) is 9.29. The smallest absolute Gasteiger partial charge is 0.216 e. The van der Waals surface area contributed by atoms with Crippen LogP contribution in [0.3, 0.4) is 0 Å². The Bertz CT molecular complexity index is 1130. The van der Waals surface area contributed by atoms with Crippen molar-refractivity contribution in [2.75, 3.05) is 26.2 Å². The summed E-state index contributed by atoms with van der Waals surface area (Å²) >= 11 is 0. The van der Waals surface area contributed by atoms with E-state index in [1.165, 1.54) is 22.3 Å². The first kappa shape index (κ1) is 26.4. The summed E-state index contributed by atoms with van der Waals surface area (Å²) in [5.41, 5.74) is 5.83. The number of benzene rings is 2. The van der Waals surface area contributed by atoms with Gasteiger partial charge in [-0.15, -0.1) is 13.2 Å². The number of likely N-dealkylation sites (tertiary alicyclic amines) is 1. The molecule has 0 saturated carbocycles. The average molecular weight is 512 g/mol. The van der Waals surface area contributed by atoms with Crippen LogP contribution in [0.25, 0.3) is 0 Å². The number of rotatable bonds is 9. The molecule has 0 amide bonds. The molecular formula is C31H41N7. The highest BCUT2D eigenvalue weighted by molar-refractivity contribution is 5.98. The van der Waals surface area contributed by atoms with Crippen molar-refractivity contribution in [3.05, 3.63) is 96.1 Å². The molecule has 7 heteroatoms. The van der Waals surface area contributed by atoms with E-state index in [1.54, 1.807) is 5.01 Å². The SMILES string of the molecule is C=CCC1=NC(CC=C)N(N)C(NCCN2CCC(NC3c4ccccc4CCc4ccccc43)CC2)=N1. The van der Waals surface area contributed by atoms with E-state index in [9.17, 15) is 0 Å². The number of nitrogens with one attached hydrogen (secondary N) is 2. The van der Waals surface area contributed by atoms with Crippen molar-refractivity contribution in [3.63, 3.8) is 0 Å². The van der Waals surface area contributed by atoms with Crippen LogP contribution < -0.4 is 16.5 Å². The molecule has 1 atom stereocenters. The molecular weight excluding hydrogens is 470 g/mol. The van der Waals surface area contributed by atoms with Crippen molar-refractivity contribution < 1.29 is 0 Å². The zero-order valence-corrected chi connectivity index (χ0v) is 22.4. The standard InChI is InChI=1S/C31H41N7/c1-3-9-28-35-29(10-4-2)38(32)31(36-28)33-19-22-37-20-17-25(18-21-37)34-30-26-13-7-5-11-23(26)15-16-24-12-6-8-14-27(24)30/h3-8,11-14,25,29-30,34H,1-2,9-10,15-22,32H2,(H,33,35,36). The number of guanidine groups is 1. The Balaban J connectivity index is 1.15. The first-order chi connectivity index (χ1) is 18.7. The number of aliphatic imine (C=N–C) groups is 2. The summed E-state index contributed by atoms with van der Waals surface area (Å²) < 4.78 is 0. The molecule has 7 nitrogen and oxygen atoms in total. The van der Waals surface area contributed by atoms with Crippen LogP contribution in [0.4, 0.5) is 0 Å². The predicted molar refractivity (Wildman–Crippen MR) is 157 cm³/mol. The molecule has 2 aliphatic heterocycles. The van der Waals surface area contributed by atoms with Crippen molar-refractivity contribution in [1.29, 1.82) is 0 Å². The van der Waals surface area contributed by atoms with Gasteiger partial charge in [0.15, 0.2) is 0 Å². The van der Waals surface area contributed by atoms with E-state index in [0.29, 0.717) is 24.8 Å². The maximum absolute atomic E-state index is 6.31. The molecule has 38 heavy (non-hydrogen) atoms. The Morgan fingerprint density at radius 2 is 1.61 bits per heavy atom. The van der Waals surface area contributed by atoms with E-state index in [0.717, 1.165) is 57.7 Å². The van der Waals surface area contributed by atoms with Crippen molar-refractivity contribution >= 4 is 11.8 Å². The fraction of sp³-hybridized carbons (Fsp3) is 0.419. The van der Waals surface area contributed by atoms with Gasteiger partial charge < -0.3 is 15.5 Å². The van der Waals surface area contributed by atoms with Crippen molar-refractivity contribution in [2.24, 2.45) is 15.8 Å². The van der Waals surface area contributed by atoms with Gasteiger partial charge in [0.05, 0.1) is 6.04 Å². The largest absolute Gasteiger partial charge is 0.353 e. The topological polar surface area (TPSA) is 81.3 Å². The maximum Gasteiger partial charge on any atom is 0.216 e. The van der Waals surface area contributed by atoms with E-state index in [2.05, 4.69) is 87.2 Å². The molecule has 4 N–H and O–H groups in total. The van der Waals surface area contributed by atoms with Gasteiger partial charge in [0, 0.05) is 32.0 Å². The lowest BCUT2D eigenvalue weighted by Gasteiger charge is -2.36. The van der Waals surface area contributed by atoms with E-state index < -0.39 is 0 Å². The van der Waals surface area contributed by atoms with Crippen molar-refractivity contribution in [2.45, 2.75) is 56.8 Å². The Morgan fingerprint density at radius 1 is 0.947 bits per heavy atom. The molecule has 0 radical (unpaired) electrons. The van der Waals surface area contributed by atoms with Gasteiger partial charge in [0.1, 0.15) is 12.0 Å². The zero-order chi connectivity index (χ0) is 26.3. The van der Waals surface area contributed by atoms with E-state index >= 15 is 0 Å². The Labute approximate surface area is 227 Å². The highest BCUT2D eigenvalue weighted by atomic mass is 15.5. The number of aryl methyl sites for hydroxylation is 2. The lowest BCUT2D eigenvalue weighted by Crippen LogP contribution is -2.54. The summed E-state index contributed by atoms with van der Waals surface area (Å²) in [5.74, 6) is 7.74. The maximum atomic E-state index is 6.31. The van der Waals surface area contributed by atoms with Gasteiger partial charge in [-0.2, -0.15) is 4.99 Å². The summed E-state index contributed by atoms with van der Waals surface area (Å²) in [4.78, 5) is 11.8. The molecule has 1 fully saturated rings. The van der Waals surface area contributed by atoms with Crippen LogP contribution in [0.15, 0.2) is 83.8 Å². The number of hydrogen-bond acceptors (Lipinski definition) is 7. The second-order valence-corrected chi connectivity index (χ2v) is 10.4. The van der Waals surface area contributed by atoms with Gasteiger partial charge in [0.2, 0.25) is 5.96 Å². The molecule has 1 saturated heterocycles. The van der Waals surface area contributed by atoms with Gasteiger partial charge >= 0.3 is 0 Å². The number of nitrogens with zero attached hydrogens (tertiary/aromatic N) is 4. The third kappa shape index (κ3) is 6.07. The van der Waals surface area contributed by atoms with Crippen LogP contribution in [0.5, 0.6) is 0 Å². The molecule has 1 unspecified atom stereocenters. The van der Waals surface area contributed by atoms with Crippen molar-refractivity contribution in [1.82, 2.24) is 20.5 Å². The lowest BCUT2D eigenvalue weighted by molar-refractivity contribution is 0.195. The minimum atomic E-state index is -0.177. The fourth-order valence-electron chi connectivity index (χ4n) is 5.85. The summed E-state index contributed by atoms with van der Waals surface area (Å²) in [5, 5.41) is 9.13. The van der Waals surface area contributed by atoms with Crippen LogP contribution in [0.1, 0.15) is 54.0 Å². The Morgan fingerprint density at radius 3 is 2.24 bits per heavy atom. The second-order valence-electron chi connectivity index (χ2n) is 10.4. The molecule has 2 aromatic carbocycles. The van der Waals surface area contributed by atoms with E-state index in [-0.39, 0.29) is 12.2 Å². The molecule has 0 spiro atoms. The number of hydrogen-bond donors (Lipinski definition) is 3. The van der Waals surface area contributed by atoms with Gasteiger partial charge in [-0.05, 0) is 61.0 Å². The highest BCUT2D eigenvalue weighted by Gasteiger charge is 2.28. The van der Waals surface area contributed by atoms with Gasteiger partial charge in [-0.3, -0.25) is 5.01 Å². The summed E-state index contributed by atoms with van der Waals surface area (Å²) in [6, 6.07) is 18.7. The summed E-state index contributed by atoms with van der Waals surface area (Å²) in [7, 11) is 0. The molecule has 2 heterocycles.